The van der Waals surface area contributed by atoms with Gasteiger partial charge in [0.1, 0.15) is 11.2 Å². The molecule has 9 aromatic rings. The SMILES string of the molecule is c1ccc2cc(-c3nc(-c4cc5ccccc5c5ccccc45)nc(-c4cccc5oc6ccccc6c45)n3)ccc2c1. The average Bonchev–Trinajstić information content (AvgIpc) is 3.46. The van der Waals surface area contributed by atoms with Crippen molar-refractivity contribution in [3.63, 3.8) is 0 Å². The van der Waals surface area contributed by atoms with Crippen molar-refractivity contribution in [2.45, 2.75) is 0 Å². The van der Waals surface area contributed by atoms with E-state index in [4.69, 9.17) is 19.4 Å². The molecular formula is C39H23N3O. The highest BCUT2D eigenvalue weighted by Gasteiger charge is 2.19. The third kappa shape index (κ3) is 3.81. The molecule has 4 nitrogen and oxygen atoms in total. The van der Waals surface area contributed by atoms with E-state index in [1.54, 1.807) is 0 Å². The van der Waals surface area contributed by atoms with E-state index in [1.807, 2.05) is 30.3 Å². The lowest BCUT2D eigenvalue weighted by molar-refractivity contribution is 0.669. The summed E-state index contributed by atoms with van der Waals surface area (Å²) in [5.41, 5.74) is 4.49. The molecule has 200 valence electrons. The standard InChI is InChI=1S/C39H23N3O/c1-2-11-25-22-27(21-20-24(25)10-1)37-40-38(32-17-9-19-35-36(32)31-16-7-8-18-34(31)43-35)42-39(41-37)33-23-26-12-3-4-13-28(26)29-14-5-6-15-30(29)33/h1-23H. The van der Waals surface area contributed by atoms with Crippen molar-refractivity contribution in [2.75, 3.05) is 0 Å². The fraction of sp³-hybridized carbons (Fsp3) is 0. The Morgan fingerprint density at radius 2 is 1.00 bits per heavy atom. The molecule has 0 atom stereocenters. The van der Waals surface area contributed by atoms with Crippen molar-refractivity contribution in [3.05, 3.63) is 140 Å². The molecule has 0 unspecified atom stereocenters. The summed E-state index contributed by atoms with van der Waals surface area (Å²) in [7, 11) is 0. The molecule has 0 aliphatic heterocycles. The largest absolute Gasteiger partial charge is 0.456 e. The summed E-state index contributed by atoms with van der Waals surface area (Å²) < 4.78 is 6.23. The zero-order valence-corrected chi connectivity index (χ0v) is 23.0. The van der Waals surface area contributed by atoms with Crippen LogP contribution in [0.25, 0.3) is 88.4 Å². The summed E-state index contributed by atoms with van der Waals surface area (Å²) in [5, 5.41) is 9.00. The first-order valence-electron chi connectivity index (χ1n) is 14.4. The second-order valence-electron chi connectivity index (χ2n) is 10.8. The number of hydrogen-bond acceptors (Lipinski definition) is 4. The number of rotatable bonds is 3. The molecule has 2 heterocycles. The van der Waals surface area contributed by atoms with Gasteiger partial charge in [-0.2, -0.15) is 0 Å². The van der Waals surface area contributed by atoms with Gasteiger partial charge in [0.2, 0.25) is 0 Å². The van der Waals surface area contributed by atoms with Gasteiger partial charge in [0.15, 0.2) is 17.5 Å². The van der Waals surface area contributed by atoms with Gasteiger partial charge in [0.05, 0.1) is 0 Å². The number of nitrogens with zero attached hydrogens (tertiary/aromatic N) is 3. The molecule has 9 rings (SSSR count). The molecule has 0 radical (unpaired) electrons. The quantitative estimate of drug-likeness (QED) is 0.206. The van der Waals surface area contributed by atoms with E-state index >= 15 is 0 Å². The van der Waals surface area contributed by atoms with E-state index in [2.05, 4.69) is 109 Å². The van der Waals surface area contributed by atoms with Crippen LogP contribution in [0.2, 0.25) is 0 Å². The lowest BCUT2D eigenvalue weighted by Crippen LogP contribution is -2.01. The van der Waals surface area contributed by atoms with E-state index in [9.17, 15) is 0 Å². The Kier molecular flexibility index (Phi) is 5.16. The Morgan fingerprint density at radius 3 is 1.86 bits per heavy atom. The molecule has 0 aliphatic carbocycles. The van der Waals surface area contributed by atoms with Gasteiger partial charge in [-0.25, -0.2) is 15.0 Å². The molecule has 0 fully saturated rings. The maximum absolute atomic E-state index is 6.23. The van der Waals surface area contributed by atoms with E-state index in [-0.39, 0.29) is 0 Å². The maximum atomic E-state index is 6.23. The van der Waals surface area contributed by atoms with Crippen LogP contribution in [0.3, 0.4) is 0 Å². The third-order valence-electron chi connectivity index (χ3n) is 8.30. The number of furan rings is 1. The Balaban J connectivity index is 1.37. The van der Waals surface area contributed by atoms with Crippen molar-refractivity contribution in [1.82, 2.24) is 15.0 Å². The lowest BCUT2D eigenvalue weighted by atomic mass is 9.96. The fourth-order valence-electron chi connectivity index (χ4n) is 6.27. The molecule has 7 aromatic carbocycles. The topological polar surface area (TPSA) is 51.8 Å². The Morgan fingerprint density at radius 1 is 0.372 bits per heavy atom. The summed E-state index contributed by atoms with van der Waals surface area (Å²) in [5.74, 6) is 1.88. The number of benzene rings is 7. The molecular weight excluding hydrogens is 526 g/mol. The van der Waals surface area contributed by atoms with E-state index in [0.717, 1.165) is 54.8 Å². The number of para-hydroxylation sites is 1. The molecule has 0 bridgehead atoms. The van der Waals surface area contributed by atoms with Crippen LogP contribution >= 0.6 is 0 Å². The Hall–Kier alpha value is -5.87. The first-order chi connectivity index (χ1) is 21.3. The van der Waals surface area contributed by atoms with Crippen molar-refractivity contribution >= 4 is 54.3 Å². The van der Waals surface area contributed by atoms with Gasteiger partial charge in [-0.15, -0.1) is 0 Å². The van der Waals surface area contributed by atoms with E-state index in [0.29, 0.717) is 17.5 Å². The zero-order valence-electron chi connectivity index (χ0n) is 23.0. The van der Waals surface area contributed by atoms with E-state index in [1.165, 1.54) is 16.2 Å². The summed E-state index contributed by atoms with van der Waals surface area (Å²) >= 11 is 0. The van der Waals surface area contributed by atoms with Gasteiger partial charge in [0, 0.05) is 27.5 Å². The van der Waals surface area contributed by atoms with Crippen LogP contribution in [-0.4, -0.2) is 15.0 Å². The first-order valence-corrected chi connectivity index (χ1v) is 14.4. The van der Waals surface area contributed by atoms with Gasteiger partial charge < -0.3 is 4.42 Å². The zero-order chi connectivity index (χ0) is 28.3. The molecule has 0 amide bonds. The minimum Gasteiger partial charge on any atom is -0.456 e. The second-order valence-corrected chi connectivity index (χ2v) is 10.8. The minimum atomic E-state index is 0.613. The summed E-state index contributed by atoms with van der Waals surface area (Å²) in [6.45, 7) is 0. The van der Waals surface area contributed by atoms with E-state index < -0.39 is 0 Å². The number of hydrogen-bond donors (Lipinski definition) is 0. The number of aromatic nitrogens is 3. The summed E-state index contributed by atoms with van der Waals surface area (Å²) in [6, 6.07) is 48.1. The van der Waals surface area contributed by atoms with Crippen LogP contribution in [-0.2, 0) is 0 Å². The maximum Gasteiger partial charge on any atom is 0.164 e. The molecule has 0 saturated heterocycles. The Labute approximate surface area is 246 Å². The molecule has 0 spiro atoms. The molecule has 0 aliphatic rings. The smallest absolute Gasteiger partial charge is 0.164 e. The van der Waals surface area contributed by atoms with Crippen molar-refractivity contribution in [1.29, 1.82) is 0 Å². The highest BCUT2D eigenvalue weighted by Crippen LogP contribution is 2.38. The van der Waals surface area contributed by atoms with Crippen LogP contribution in [0.4, 0.5) is 0 Å². The predicted octanol–water partition coefficient (Wildman–Crippen LogP) is 10.2. The van der Waals surface area contributed by atoms with Crippen LogP contribution in [0, 0.1) is 0 Å². The van der Waals surface area contributed by atoms with Gasteiger partial charge in [-0.1, -0.05) is 115 Å². The van der Waals surface area contributed by atoms with Gasteiger partial charge in [0.25, 0.3) is 0 Å². The van der Waals surface area contributed by atoms with Crippen molar-refractivity contribution in [3.8, 4) is 34.2 Å². The van der Waals surface area contributed by atoms with Gasteiger partial charge in [-0.3, -0.25) is 0 Å². The highest BCUT2D eigenvalue weighted by atomic mass is 16.3. The minimum absolute atomic E-state index is 0.613. The molecule has 2 aromatic heterocycles. The van der Waals surface area contributed by atoms with Gasteiger partial charge in [-0.05, 0) is 56.6 Å². The predicted molar refractivity (Wildman–Crippen MR) is 176 cm³/mol. The highest BCUT2D eigenvalue weighted by molar-refractivity contribution is 6.14. The van der Waals surface area contributed by atoms with Crippen LogP contribution in [0.5, 0.6) is 0 Å². The first kappa shape index (κ1) is 23.8. The molecule has 4 heteroatoms. The van der Waals surface area contributed by atoms with Crippen molar-refractivity contribution in [2.24, 2.45) is 0 Å². The normalized spacial score (nSPS) is 11.7. The van der Waals surface area contributed by atoms with Crippen molar-refractivity contribution < 1.29 is 4.42 Å². The number of fused-ring (bicyclic) bond motifs is 7. The van der Waals surface area contributed by atoms with Crippen LogP contribution < -0.4 is 0 Å². The fourth-order valence-corrected chi connectivity index (χ4v) is 6.27. The average molecular weight is 550 g/mol. The third-order valence-corrected chi connectivity index (χ3v) is 8.30. The summed E-state index contributed by atoms with van der Waals surface area (Å²) in [6.07, 6.45) is 0. The Bertz CT molecular complexity index is 2530. The summed E-state index contributed by atoms with van der Waals surface area (Å²) in [4.78, 5) is 15.5. The van der Waals surface area contributed by atoms with Gasteiger partial charge >= 0.3 is 0 Å². The monoisotopic (exact) mass is 549 g/mol. The lowest BCUT2D eigenvalue weighted by Gasteiger charge is -2.13. The molecule has 0 saturated carbocycles. The molecule has 43 heavy (non-hydrogen) atoms. The van der Waals surface area contributed by atoms with Crippen LogP contribution in [0.1, 0.15) is 0 Å². The second kappa shape index (κ2) is 9.33. The molecule has 0 N–H and O–H groups in total. The van der Waals surface area contributed by atoms with Crippen LogP contribution in [0.15, 0.2) is 144 Å².